The Kier molecular flexibility index (Phi) is 4.55. The second-order valence-electron chi connectivity index (χ2n) is 12.1. The van der Waals surface area contributed by atoms with Crippen LogP contribution in [0.3, 0.4) is 0 Å². The minimum absolute atomic E-state index is 0.911. The van der Waals surface area contributed by atoms with Crippen LogP contribution in [0.15, 0.2) is 154 Å². The van der Waals surface area contributed by atoms with Crippen molar-refractivity contribution in [2.45, 2.75) is 0 Å². The van der Waals surface area contributed by atoms with Crippen LogP contribution in [0.25, 0.3) is 98.9 Å². The number of para-hydroxylation sites is 4. The summed E-state index contributed by atoms with van der Waals surface area (Å²) in [6, 6.07) is 51.6. The van der Waals surface area contributed by atoms with Crippen LogP contribution >= 0.6 is 0 Å². The zero-order chi connectivity index (χ0) is 29.9. The van der Waals surface area contributed by atoms with E-state index >= 15 is 0 Å². The van der Waals surface area contributed by atoms with Crippen molar-refractivity contribution in [2.75, 3.05) is 0 Å². The van der Waals surface area contributed by atoms with Crippen LogP contribution in [-0.4, -0.2) is 9.13 Å². The average molecular weight is 589 g/mol. The van der Waals surface area contributed by atoms with Crippen LogP contribution in [0.4, 0.5) is 0 Å². The molecule has 0 aliphatic rings. The van der Waals surface area contributed by atoms with Gasteiger partial charge in [0.2, 0.25) is 0 Å². The first-order valence-corrected chi connectivity index (χ1v) is 15.6. The summed E-state index contributed by atoms with van der Waals surface area (Å²) in [4.78, 5) is 0. The molecule has 0 aliphatic carbocycles. The standard InChI is InChI=1S/C42H24N2O2/c1-5-16-31-27(12-1)39-33(20-22-37-41(39)29-14-3-7-18-35(29)45-37)43(31)25-10-9-11-26(24-25)44-32-17-6-2-13-28(32)40-34(44)21-23-38-42(40)30-15-4-8-19-36(30)46-38/h1-24H. The van der Waals surface area contributed by atoms with Gasteiger partial charge in [0.25, 0.3) is 0 Å². The number of benzene rings is 7. The van der Waals surface area contributed by atoms with Gasteiger partial charge in [0.15, 0.2) is 0 Å². The molecule has 0 unspecified atom stereocenters. The molecule has 0 N–H and O–H groups in total. The quantitative estimate of drug-likeness (QED) is 0.201. The van der Waals surface area contributed by atoms with E-state index in [4.69, 9.17) is 8.83 Å². The maximum absolute atomic E-state index is 6.31. The van der Waals surface area contributed by atoms with Gasteiger partial charge in [0.1, 0.15) is 22.3 Å². The summed E-state index contributed by atoms with van der Waals surface area (Å²) in [6.45, 7) is 0. The molecule has 0 radical (unpaired) electrons. The summed E-state index contributed by atoms with van der Waals surface area (Å²) >= 11 is 0. The smallest absolute Gasteiger partial charge is 0.136 e. The molecule has 0 spiro atoms. The molecule has 0 atom stereocenters. The maximum atomic E-state index is 6.31. The van der Waals surface area contributed by atoms with E-state index in [0.717, 1.165) is 66.3 Å². The number of fused-ring (bicyclic) bond motifs is 14. The summed E-state index contributed by atoms with van der Waals surface area (Å²) in [5, 5.41) is 9.48. The van der Waals surface area contributed by atoms with Crippen molar-refractivity contribution in [1.82, 2.24) is 9.13 Å². The van der Waals surface area contributed by atoms with Gasteiger partial charge in [-0.05, 0) is 66.7 Å². The lowest BCUT2D eigenvalue weighted by Gasteiger charge is -2.13. The van der Waals surface area contributed by atoms with Gasteiger partial charge >= 0.3 is 0 Å². The van der Waals surface area contributed by atoms with Crippen molar-refractivity contribution >= 4 is 87.5 Å². The number of furan rings is 2. The zero-order valence-electron chi connectivity index (χ0n) is 24.6. The van der Waals surface area contributed by atoms with E-state index in [1.54, 1.807) is 0 Å². The Hall–Kier alpha value is -6.26. The number of aromatic nitrogens is 2. The van der Waals surface area contributed by atoms with Crippen molar-refractivity contribution in [3.8, 4) is 11.4 Å². The first-order valence-electron chi connectivity index (χ1n) is 15.6. The maximum Gasteiger partial charge on any atom is 0.136 e. The Balaban J connectivity index is 1.23. The van der Waals surface area contributed by atoms with Gasteiger partial charge in [-0.2, -0.15) is 0 Å². The van der Waals surface area contributed by atoms with Crippen LogP contribution in [0, 0.1) is 0 Å². The molecule has 7 aromatic carbocycles. The van der Waals surface area contributed by atoms with Crippen molar-refractivity contribution in [3.63, 3.8) is 0 Å². The van der Waals surface area contributed by atoms with Gasteiger partial charge < -0.3 is 18.0 Å². The van der Waals surface area contributed by atoms with Crippen LogP contribution in [-0.2, 0) is 0 Å². The monoisotopic (exact) mass is 588 g/mol. The van der Waals surface area contributed by atoms with E-state index in [0.29, 0.717) is 0 Å². The van der Waals surface area contributed by atoms with Crippen molar-refractivity contribution in [1.29, 1.82) is 0 Å². The fourth-order valence-corrected chi connectivity index (χ4v) is 7.88. The molecule has 0 saturated heterocycles. The van der Waals surface area contributed by atoms with E-state index in [1.165, 1.54) is 32.6 Å². The zero-order valence-corrected chi connectivity index (χ0v) is 24.6. The Labute approximate surface area is 261 Å². The second kappa shape index (κ2) is 8.68. The third-order valence-electron chi connectivity index (χ3n) is 9.70. The van der Waals surface area contributed by atoms with E-state index < -0.39 is 0 Å². The minimum atomic E-state index is 0.911. The van der Waals surface area contributed by atoms with Gasteiger partial charge in [-0.15, -0.1) is 0 Å². The minimum Gasteiger partial charge on any atom is -0.456 e. The molecule has 4 heteroatoms. The molecule has 0 saturated carbocycles. The van der Waals surface area contributed by atoms with Crippen molar-refractivity contribution in [3.05, 3.63) is 146 Å². The second-order valence-corrected chi connectivity index (χ2v) is 12.1. The molecule has 46 heavy (non-hydrogen) atoms. The van der Waals surface area contributed by atoms with Crippen LogP contribution in [0.2, 0.25) is 0 Å². The molecule has 0 amide bonds. The van der Waals surface area contributed by atoms with E-state index in [9.17, 15) is 0 Å². The number of nitrogens with zero attached hydrogens (tertiary/aromatic N) is 2. The van der Waals surface area contributed by atoms with Gasteiger partial charge in [0.05, 0.1) is 22.1 Å². The highest BCUT2D eigenvalue weighted by Crippen LogP contribution is 2.43. The van der Waals surface area contributed by atoms with Gasteiger partial charge in [-0.1, -0.05) is 78.9 Å². The number of hydrogen-bond acceptors (Lipinski definition) is 2. The topological polar surface area (TPSA) is 36.1 Å². The summed E-state index contributed by atoms with van der Waals surface area (Å²) in [6.07, 6.45) is 0. The predicted molar refractivity (Wildman–Crippen MR) is 190 cm³/mol. The molecule has 0 fully saturated rings. The van der Waals surface area contributed by atoms with Crippen molar-refractivity contribution < 1.29 is 8.83 Å². The van der Waals surface area contributed by atoms with Gasteiger partial charge in [-0.3, -0.25) is 0 Å². The molecule has 214 valence electrons. The Morgan fingerprint density at radius 1 is 0.304 bits per heavy atom. The molecule has 4 heterocycles. The van der Waals surface area contributed by atoms with Crippen LogP contribution in [0.1, 0.15) is 0 Å². The van der Waals surface area contributed by atoms with Crippen LogP contribution in [0.5, 0.6) is 0 Å². The summed E-state index contributed by atoms with van der Waals surface area (Å²) in [5.41, 5.74) is 10.5. The molecule has 11 aromatic rings. The molecule has 0 bridgehead atoms. The van der Waals surface area contributed by atoms with Crippen molar-refractivity contribution in [2.24, 2.45) is 0 Å². The fraction of sp³-hybridized carbons (Fsp3) is 0. The highest BCUT2D eigenvalue weighted by atomic mass is 16.3. The number of rotatable bonds is 2. The van der Waals surface area contributed by atoms with E-state index in [2.05, 4.69) is 143 Å². The average Bonchev–Trinajstić information content (AvgIpc) is 3.85. The molecule has 4 nitrogen and oxygen atoms in total. The highest BCUT2D eigenvalue weighted by molar-refractivity contribution is 6.28. The van der Waals surface area contributed by atoms with Gasteiger partial charge in [0, 0.05) is 54.5 Å². The Bertz CT molecular complexity index is 2840. The normalized spacial score (nSPS) is 12.3. The number of hydrogen-bond donors (Lipinski definition) is 0. The van der Waals surface area contributed by atoms with Crippen LogP contribution < -0.4 is 0 Å². The third-order valence-corrected chi connectivity index (χ3v) is 9.70. The molecular formula is C42H24N2O2. The molecule has 4 aromatic heterocycles. The lowest BCUT2D eigenvalue weighted by atomic mass is 10.1. The Morgan fingerprint density at radius 2 is 0.739 bits per heavy atom. The van der Waals surface area contributed by atoms with E-state index in [1.807, 2.05) is 12.1 Å². The SMILES string of the molecule is c1cc(-n2c3ccccc3c3c4c(ccc32)oc2ccccc24)cc(-n2c3ccccc3c3c4c(ccc32)oc2ccccc24)c1. The Morgan fingerprint density at radius 3 is 1.24 bits per heavy atom. The first-order chi connectivity index (χ1) is 22.8. The van der Waals surface area contributed by atoms with E-state index in [-0.39, 0.29) is 0 Å². The molecule has 0 aliphatic heterocycles. The molecule has 11 rings (SSSR count). The summed E-state index contributed by atoms with van der Waals surface area (Å²) in [7, 11) is 0. The summed E-state index contributed by atoms with van der Waals surface area (Å²) < 4.78 is 17.4. The van der Waals surface area contributed by atoms with Gasteiger partial charge in [-0.25, -0.2) is 0 Å². The lowest BCUT2D eigenvalue weighted by molar-refractivity contribution is 0.669. The predicted octanol–water partition coefficient (Wildman–Crippen LogP) is 11.7. The fourth-order valence-electron chi connectivity index (χ4n) is 7.88. The first kappa shape index (κ1) is 24.1. The highest BCUT2D eigenvalue weighted by Gasteiger charge is 2.21. The third kappa shape index (κ3) is 3.03. The molecular weight excluding hydrogens is 564 g/mol. The summed E-state index contributed by atoms with van der Waals surface area (Å²) in [5.74, 6) is 0. The lowest BCUT2D eigenvalue weighted by Crippen LogP contribution is -1.98. The largest absolute Gasteiger partial charge is 0.456 e.